The molecule has 3 N–H and O–H groups in total. The number of hydrogen-bond acceptors (Lipinski definition) is 3. The standard InChI is InChI=1S/C4H11N3O2S/c1-7(3-4(5)6)10(2,8)9/h3H2,1-2H3,(H3,5,6). The highest BCUT2D eigenvalue weighted by molar-refractivity contribution is 7.88. The van der Waals surface area contributed by atoms with E-state index in [9.17, 15) is 8.42 Å². The molecule has 6 heteroatoms. The number of nitrogens with one attached hydrogen (secondary N) is 1. The monoisotopic (exact) mass is 165 g/mol. The molecule has 5 nitrogen and oxygen atoms in total. The van der Waals surface area contributed by atoms with Gasteiger partial charge in [0, 0.05) is 7.05 Å². The molecule has 0 saturated carbocycles. The first-order valence-electron chi connectivity index (χ1n) is 2.58. The van der Waals surface area contributed by atoms with Gasteiger partial charge in [-0.05, 0) is 0 Å². The van der Waals surface area contributed by atoms with Gasteiger partial charge in [0.2, 0.25) is 10.0 Å². The molecule has 0 aromatic heterocycles. The molecular formula is C4H11N3O2S. The minimum absolute atomic E-state index is 0.0428. The lowest BCUT2D eigenvalue weighted by atomic mass is 10.6. The van der Waals surface area contributed by atoms with Gasteiger partial charge in [-0.25, -0.2) is 8.42 Å². The average Bonchev–Trinajstić information content (AvgIpc) is 1.60. The van der Waals surface area contributed by atoms with Gasteiger partial charge in [0.05, 0.1) is 12.8 Å². The van der Waals surface area contributed by atoms with E-state index in [1.807, 2.05) is 0 Å². The van der Waals surface area contributed by atoms with E-state index in [1.165, 1.54) is 7.05 Å². The quantitative estimate of drug-likeness (QED) is 0.407. The molecule has 60 valence electrons. The van der Waals surface area contributed by atoms with Crippen LogP contribution in [0.1, 0.15) is 0 Å². The highest BCUT2D eigenvalue weighted by Crippen LogP contribution is 1.89. The third kappa shape index (κ3) is 3.41. The number of nitrogens with zero attached hydrogens (tertiary/aromatic N) is 1. The van der Waals surface area contributed by atoms with Gasteiger partial charge >= 0.3 is 0 Å². The number of likely N-dealkylation sites (N-methyl/N-ethyl adjacent to an activating group) is 1. The summed E-state index contributed by atoms with van der Waals surface area (Å²) in [4.78, 5) is 0. The maximum absolute atomic E-state index is 10.6. The van der Waals surface area contributed by atoms with Crippen molar-refractivity contribution >= 4 is 15.9 Å². The second-order valence-corrected chi connectivity index (χ2v) is 4.13. The molecule has 0 aromatic rings. The number of amidine groups is 1. The molecule has 0 unspecified atom stereocenters. The maximum Gasteiger partial charge on any atom is 0.211 e. The van der Waals surface area contributed by atoms with Crippen molar-refractivity contribution in [2.24, 2.45) is 5.73 Å². The molecule has 10 heavy (non-hydrogen) atoms. The zero-order valence-electron chi connectivity index (χ0n) is 5.96. The minimum Gasteiger partial charge on any atom is -0.387 e. The van der Waals surface area contributed by atoms with Gasteiger partial charge in [-0.15, -0.1) is 0 Å². The van der Waals surface area contributed by atoms with E-state index >= 15 is 0 Å². The second-order valence-electron chi connectivity index (χ2n) is 2.04. The summed E-state index contributed by atoms with van der Waals surface area (Å²) < 4.78 is 22.3. The molecular weight excluding hydrogens is 154 g/mol. The lowest BCUT2D eigenvalue weighted by Gasteiger charge is -2.11. The normalized spacial score (nSPS) is 11.9. The van der Waals surface area contributed by atoms with E-state index in [4.69, 9.17) is 11.1 Å². The summed E-state index contributed by atoms with van der Waals surface area (Å²) in [6.07, 6.45) is 1.07. The van der Waals surface area contributed by atoms with Crippen LogP contribution in [0.2, 0.25) is 0 Å². The van der Waals surface area contributed by atoms with Crippen molar-refractivity contribution in [3.63, 3.8) is 0 Å². The fourth-order valence-electron chi connectivity index (χ4n) is 0.357. The van der Waals surface area contributed by atoms with Crippen LogP contribution in [0.4, 0.5) is 0 Å². The molecule has 0 aromatic carbocycles. The molecule has 0 saturated heterocycles. The third-order valence-electron chi connectivity index (χ3n) is 0.959. The number of hydrogen-bond donors (Lipinski definition) is 2. The molecule has 0 fully saturated rings. The third-order valence-corrected chi connectivity index (χ3v) is 2.22. The van der Waals surface area contributed by atoms with Crippen LogP contribution >= 0.6 is 0 Å². The topological polar surface area (TPSA) is 87.2 Å². The lowest BCUT2D eigenvalue weighted by Crippen LogP contribution is -2.34. The van der Waals surface area contributed by atoms with Gasteiger partial charge in [-0.1, -0.05) is 0 Å². The van der Waals surface area contributed by atoms with Crippen molar-refractivity contribution in [3.8, 4) is 0 Å². The van der Waals surface area contributed by atoms with Crippen molar-refractivity contribution in [2.75, 3.05) is 19.8 Å². The summed E-state index contributed by atoms with van der Waals surface area (Å²) in [6, 6.07) is 0. The predicted octanol–water partition coefficient (Wildman–Crippen LogP) is -1.19. The largest absolute Gasteiger partial charge is 0.387 e. The van der Waals surface area contributed by atoms with E-state index in [-0.39, 0.29) is 12.4 Å². The smallest absolute Gasteiger partial charge is 0.211 e. The van der Waals surface area contributed by atoms with E-state index in [0.29, 0.717) is 0 Å². The molecule has 0 rings (SSSR count). The van der Waals surface area contributed by atoms with Gasteiger partial charge in [-0.2, -0.15) is 4.31 Å². The Balaban J connectivity index is 4.12. The van der Waals surface area contributed by atoms with Gasteiger partial charge in [0.25, 0.3) is 0 Å². The molecule has 0 radical (unpaired) electrons. The summed E-state index contributed by atoms with van der Waals surface area (Å²) in [5.74, 6) is -0.159. The van der Waals surface area contributed by atoms with Crippen LogP contribution in [0.15, 0.2) is 0 Å². The Morgan fingerprint density at radius 3 is 2.20 bits per heavy atom. The van der Waals surface area contributed by atoms with Crippen LogP contribution in [0, 0.1) is 5.41 Å². The van der Waals surface area contributed by atoms with Gasteiger partial charge in [0.1, 0.15) is 5.84 Å². The molecule has 0 spiro atoms. The zero-order chi connectivity index (χ0) is 8.36. The van der Waals surface area contributed by atoms with E-state index < -0.39 is 10.0 Å². The van der Waals surface area contributed by atoms with Crippen molar-refractivity contribution in [1.29, 1.82) is 5.41 Å². The van der Waals surface area contributed by atoms with Gasteiger partial charge in [-0.3, -0.25) is 5.41 Å². The Hall–Kier alpha value is -0.620. The lowest BCUT2D eigenvalue weighted by molar-refractivity contribution is 0.511. The SMILES string of the molecule is CN(CC(=N)N)S(C)(=O)=O. The van der Waals surface area contributed by atoms with Crippen LogP contribution < -0.4 is 5.73 Å². The van der Waals surface area contributed by atoms with E-state index in [1.54, 1.807) is 0 Å². The Morgan fingerprint density at radius 1 is 1.70 bits per heavy atom. The van der Waals surface area contributed by atoms with Crippen molar-refractivity contribution in [2.45, 2.75) is 0 Å². The van der Waals surface area contributed by atoms with Crippen molar-refractivity contribution in [1.82, 2.24) is 4.31 Å². The molecule has 0 amide bonds. The summed E-state index contributed by atoms with van der Waals surface area (Å²) in [7, 11) is -1.81. The number of rotatable bonds is 3. The van der Waals surface area contributed by atoms with Crippen LogP contribution in [-0.2, 0) is 10.0 Å². The Bertz CT molecular complexity index is 221. The highest BCUT2D eigenvalue weighted by Gasteiger charge is 2.10. The summed E-state index contributed by atoms with van der Waals surface area (Å²) in [5, 5.41) is 6.78. The summed E-state index contributed by atoms with van der Waals surface area (Å²) in [6.45, 7) is -0.0428. The number of nitrogens with two attached hydrogens (primary N) is 1. The van der Waals surface area contributed by atoms with Crippen molar-refractivity contribution in [3.05, 3.63) is 0 Å². The van der Waals surface area contributed by atoms with Crippen molar-refractivity contribution < 1.29 is 8.42 Å². The zero-order valence-corrected chi connectivity index (χ0v) is 6.77. The van der Waals surface area contributed by atoms with E-state index in [2.05, 4.69) is 0 Å². The molecule has 0 atom stereocenters. The Kier molecular flexibility index (Phi) is 2.79. The molecule has 0 bridgehead atoms. The highest BCUT2D eigenvalue weighted by atomic mass is 32.2. The molecule has 0 aliphatic rings. The van der Waals surface area contributed by atoms with E-state index in [0.717, 1.165) is 10.6 Å². The first kappa shape index (κ1) is 9.38. The van der Waals surface area contributed by atoms with Gasteiger partial charge in [0.15, 0.2) is 0 Å². The minimum atomic E-state index is -3.19. The summed E-state index contributed by atoms with van der Waals surface area (Å²) >= 11 is 0. The molecule has 0 aliphatic carbocycles. The second kappa shape index (κ2) is 2.98. The average molecular weight is 165 g/mol. The first-order valence-corrected chi connectivity index (χ1v) is 4.43. The van der Waals surface area contributed by atoms with Gasteiger partial charge < -0.3 is 5.73 Å². The molecule has 0 heterocycles. The maximum atomic E-state index is 10.6. The Labute approximate surface area is 60.4 Å². The summed E-state index contributed by atoms with van der Waals surface area (Å²) in [5.41, 5.74) is 4.97. The van der Waals surface area contributed by atoms with Crippen LogP contribution in [0.25, 0.3) is 0 Å². The fourth-order valence-corrected chi connectivity index (χ4v) is 0.731. The molecule has 0 aliphatic heterocycles. The number of sulfonamides is 1. The predicted molar refractivity (Wildman–Crippen MR) is 39.4 cm³/mol. The van der Waals surface area contributed by atoms with Crippen LogP contribution in [-0.4, -0.2) is 38.4 Å². The Morgan fingerprint density at radius 2 is 2.10 bits per heavy atom. The first-order chi connectivity index (χ1) is 4.34. The van der Waals surface area contributed by atoms with Crippen LogP contribution in [0.5, 0.6) is 0 Å². The fraction of sp³-hybridized carbons (Fsp3) is 0.750. The van der Waals surface area contributed by atoms with Crippen LogP contribution in [0.3, 0.4) is 0 Å².